The molecule has 14 heavy (non-hydrogen) atoms. The molecule has 1 unspecified atom stereocenters. The van der Waals surface area contributed by atoms with Crippen LogP contribution in [0.3, 0.4) is 0 Å². The molecule has 1 fully saturated rings. The summed E-state index contributed by atoms with van der Waals surface area (Å²) in [6, 6.07) is 0.340. The smallest absolute Gasteiger partial charge is 0.221 e. The van der Waals surface area contributed by atoms with Crippen LogP contribution in [0.5, 0.6) is 0 Å². The summed E-state index contributed by atoms with van der Waals surface area (Å²) in [4.78, 5) is 11.4. The van der Waals surface area contributed by atoms with Crippen molar-refractivity contribution in [2.75, 3.05) is 5.88 Å². The predicted octanol–water partition coefficient (Wildman–Crippen LogP) is 2.70. The summed E-state index contributed by atoms with van der Waals surface area (Å²) >= 11 is 5.52. The van der Waals surface area contributed by atoms with E-state index >= 15 is 0 Å². The first-order valence-corrected chi connectivity index (χ1v) is 5.95. The number of hydrogen-bond donors (Lipinski definition) is 1. The highest BCUT2D eigenvalue weighted by Crippen LogP contribution is 2.35. The van der Waals surface area contributed by atoms with Gasteiger partial charge >= 0.3 is 0 Å². The molecule has 1 aliphatic carbocycles. The molecular formula is C11H20ClNO. The van der Waals surface area contributed by atoms with Gasteiger partial charge < -0.3 is 5.32 Å². The van der Waals surface area contributed by atoms with Crippen LogP contribution in [0.2, 0.25) is 0 Å². The van der Waals surface area contributed by atoms with Gasteiger partial charge in [-0.2, -0.15) is 0 Å². The van der Waals surface area contributed by atoms with E-state index in [2.05, 4.69) is 19.2 Å². The van der Waals surface area contributed by atoms with Crippen molar-refractivity contribution in [3.05, 3.63) is 0 Å². The second-order valence-corrected chi connectivity index (χ2v) is 5.17. The Bertz CT molecular complexity index is 203. The van der Waals surface area contributed by atoms with E-state index in [0.29, 0.717) is 18.3 Å². The highest BCUT2D eigenvalue weighted by Gasteiger charge is 2.32. The molecule has 1 saturated carbocycles. The molecule has 3 heteroatoms. The zero-order chi connectivity index (χ0) is 10.6. The van der Waals surface area contributed by atoms with Crippen LogP contribution in [0.4, 0.5) is 0 Å². The molecule has 0 aliphatic heterocycles. The van der Waals surface area contributed by atoms with Gasteiger partial charge in [0.2, 0.25) is 5.91 Å². The summed E-state index contributed by atoms with van der Waals surface area (Å²) in [6.07, 6.45) is 5.28. The molecule has 0 aromatic rings. The third-order valence-corrected chi connectivity index (χ3v) is 3.35. The minimum absolute atomic E-state index is 0.0972. The Morgan fingerprint density at radius 1 is 1.50 bits per heavy atom. The fourth-order valence-corrected chi connectivity index (χ4v) is 2.29. The van der Waals surface area contributed by atoms with Crippen molar-refractivity contribution in [2.24, 2.45) is 5.41 Å². The van der Waals surface area contributed by atoms with E-state index in [1.165, 1.54) is 19.3 Å². The monoisotopic (exact) mass is 217 g/mol. The molecule has 1 atom stereocenters. The Hall–Kier alpha value is -0.240. The summed E-state index contributed by atoms with van der Waals surface area (Å²) in [5.41, 5.74) is 0.250. The van der Waals surface area contributed by atoms with E-state index in [9.17, 15) is 4.79 Å². The summed E-state index contributed by atoms with van der Waals surface area (Å²) in [5, 5.41) is 3.09. The Balaban J connectivity index is 2.45. The third-order valence-electron chi connectivity index (χ3n) is 3.16. The van der Waals surface area contributed by atoms with Crippen LogP contribution in [0.1, 0.15) is 46.0 Å². The molecule has 82 valence electrons. The number of alkyl halides is 1. The number of rotatable bonds is 3. The maximum absolute atomic E-state index is 11.4. The molecule has 0 aromatic heterocycles. The number of halogens is 1. The van der Waals surface area contributed by atoms with Gasteiger partial charge in [0, 0.05) is 18.3 Å². The number of amides is 1. The van der Waals surface area contributed by atoms with E-state index in [0.717, 1.165) is 6.42 Å². The molecule has 1 aliphatic rings. The molecule has 2 nitrogen and oxygen atoms in total. The Morgan fingerprint density at radius 2 is 2.21 bits per heavy atom. The largest absolute Gasteiger partial charge is 0.353 e. The van der Waals surface area contributed by atoms with Crippen LogP contribution in [0, 0.1) is 5.41 Å². The van der Waals surface area contributed by atoms with Crippen molar-refractivity contribution in [3.8, 4) is 0 Å². The summed E-state index contributed by atoms with van der Waals surface area (Å²) in [6.45, 7) is 4.47. The maximum atomic E-state index is 11.4. The number of nitrogens with one attached hydrogen (secondary N) is 1. The quantitative estimate of drug-likeness (QED) is 0.724. The van der Waals surface area contributed by atoms with Gasteiger partial charge in [-0.15, -0.1) is 11.6 Å². The van der Waals surface area contributed by atoms with E-state index in [4.69, 9.17) is 11.6 Å². The topological polar surface area (TPSA) is 29.1 Å². The molecule has 1 N–H and O–H groups in total. The number of hydrogen-bond acceptors (Lipinski definition) is 1. The SMILES string of the molecule is CC1(C)CCCCC1NC(=O)CCCl. The lowest BCUT2D eigenvalue weighted by Crippen LogP contribution is -2.46. The highest BCUT2D eigenvalue weighted by atomic mass is 35.5. The van der Waals surface area contributed by atoms with Crippen molar-refractivity contribution >= 4 is 17.5 Å². The van der Waals surface area contributed by atoms with Crippen LogP contribution < -0.4 is 5.32 Å². The minimum Gasteiger partial charge on any atom is -0.353 e. The van der Waals surface area contributed by atoms with Crippen molar-refractivity contribution < 1.29 is 4.79 Å². The Labute approximate surface area is 91.4 Å². The van der Waals surface area contributed by atoms with Crippen LogP contribution in [-0.2, 0) is 4.79 Å². The molecule has 1 rings (SSSR count). The minimum atomic E-state index is 0.0972. The first-order chi connectivity index (χ1) is 6.56. The molecule has 0 aromatic carbocycles. The van der Waals surface area contributed by atoms with Gasteiger partial charge in [-0.25, -0.2) is 0 Å². The van der Waals surface area contributed by atoms with E-state index in [-0.39, 0.29) is 11.3 Å². The van der Waals surface area contributed by atoms with E-state index in [1.807, 2.05) is 0 Å². The van der Waals surface area contributed by atoms with Gasteiger partial charge in [0.15, 0.2) is 0 Å². The molecular weight excluding hydrogens is 198 g/mol. The average molecular weight is 218 g/mol. The van der Waals surface area contributed by atoms with Crippen molar-refractivity contribution in [3.63, 3.8) is 0 Å². The van der Waals surface area contributed by atoms with Gasteiger partial charge in [0.25, 0.3) is 0 Å². The molecule has 1 amide bonds. The lowest BCUT2D eigenvalue weighted by atomic mass is 9.73. The maximum Gasteiger partial charge on any atom is 0.221 e. The molecule has 0 saturated heterocycles. The second kappa shape index (κ2) is 5.01. The first-order valence-electron chi connectivity index (χ1n) is 5.41. The van der Waals surface area contributed by atoms with Crippen LogP contribution >= 0.6 is 11.6 Å². The van der Waals surface area contributed by atoms with Gasteiger partial charge in [0.05, 0.1) is 0 Å². The van der Waals surface area contributed by atoms with Crippen LogP contribution in [0.25, 0.3) is 0 Å². The van der Waals surface area contributed by atoms with Gasteiger partial charge in [-0.3, -0.25) is 4.79 Å². The zero-order valence-electron chi connectivity index (χ0n) is 9.11. The molecule has 0 heterocycles. The summed E-state index contributed by atoms with van der Waals surface area (Å²) in [7, 11) is 0. The van der Waals surface area contributed by atoms with Crippen LogP contribution in [-0.4, -0.2) is 17.8 Å². The molecule has 0 bridgehead atoms. The standard InChI is InChI=1S/C11H20ClNO/c1-11(2)7-4-3-5-9(11)13-10(14)6-8-12/h9H,3-8H2,1-2H3,(H,13,14). The molecule has 0 radical (unpaired) electrons. The number of carbonyl (C=O) groups is 1. The lowest BCUT2D eigenvalue weighted by Gasteiger charge is -2.39. The van der Waals surface area contributed by atoms with Gasteiger partial charge in [0.1, 0.15) is 0 Å². The molecule has 0 spiro atoms. The predicted molar refractivity (Wildman–Crippen MR) is 59.5 cm³/mol. The van der Waals surface area contributed by atoms with Crippen molar-refractivity contribution in [1.29, 1.82) is 0 Å². The van der Waals surface area contributed by atoms with Crippen molar-refractivity contribution in [1.82, 2.24) is 5.32 Å². The van der Waals surface area contributed by atoms with E-state index < -0.39 is 0 Å². The second-order valence-electron chi connectivity index (χ2n) is 4.79. The number of carbonyl (C=O) groups excluding carboxylic acids is 1. The average Bonchev–Trinajstić information content (AvgIpc) is 2.09. The normalized spacial score (nSPS) is 25.8. The lowest BCUT2D eigenvalue weighted by molar-refractivity contribution is -0.122. The van der Waals surface area contributed by atoms with Crippen LogP contribution in [0.15, 0.2) is 0 Å². The van der Waals surface area contributed by atoms with Gasteiger partial charge in [-0.1, -0.05) is 26.7 Å². The van der Waals surface area contributed by atoms with Crippen molar-refractivity contribution in [2.45, 2.75) is 52.0 Å². The third kappa shape index (κ3) is 3.16. The zero-order valence-corrected chi connectivity index (χ0v) is 9.86. The fraction of sp³-hybridized carbons (Fsp3) is 0.909. The Morgan fingerprint density at radius 3 is 2.79 bits per heavy atom. The first kappa shape index (κ1) is 11.8. The highest BCUT2D eigenvalue weighted by molar-refractivity contribution is 6.18. The summed E-state index contributed by atoms with van der Waals surface area (Å²) < 4.78 is 0. The van der Waals surface area contributed by atoms with Gasteiger partial charge in [-0.05, 0) is 18.3 Å². The Kier molecular flexibility index (Phi) is 4.24. The van der Waals surface area contributed by atoms with E-state index in [1.54, 1.807) is 0 Å². The fourth-order valence-electron chi connectivity index (χ4n) is 2.11. The summed E-state index contributed by atoms with van der Waals surface area (Å²) in [5.74, 6) is 0.513.